The highest BCUT2D eigenvalue weighted by atomic mass is 16.3. The molecule has 5 unspecified atom stereocenters. The van der Waals surface area contributed by atoms with Crippen LogP contribution in [0.4, 0.5) is 0 Å². The fourth-order valence-corrected chi connectivity index (χ4v) is 5.26. The van der Waals surface area contributed by atoms with Gasteiger partial charge in [0.05, 0.1) is 12.5 Å². The molecule has 0 aliphatic carbocycles. The van der Waals surface area contributed by atoms with Gasteiger partial charge in [-0.05, 0) is 57.0 Å². The van der Waals surface area contributed by atoms with Crippen LogP contribution in [0.3, 0.4) is 0 Å². The second-order valence-electron chi connectivity index (χ2n) is 6.94. The maximum Gasteiger partial charge on any atom is 0.225 e. The van der Waals surface area contributed by atoms with Gasteiger partial charge in [0.15, 0.2) is 0 Å². The molecule has 4 fully saturated rings. The summed E-state index contributed by atoms with van der Waals surface area (Å²) in [6, 6.07) is 1.01. The van der Waals surface area contributed by atoms with Gasteiger partial charge in [-0.2, -0.15) is 0 Å². The Hall–Kier alpha value is -0.610. The van der Waals surface area contributed by atoms with Crippen LogP contribution in [0, 0.1) is 11.8 Å². The van der Waals surface area contributed by atoms with Gasteiger partial charge in [-0.25, -0.2) is 0 Å². The van der Waals surface area contributed by atoms with E-state index < -0.39 is 6.10 Å². The number of hydrogen-bond donors (Lipinski definition) is 1. The third-order valence-electron chi connectivity index (χ3n) is 5.92. The molecule has 4 rings (SSSR count). The Bertz CT molecular complexity index is 384. The minimum absolute atomic E-state index is 0.199. The van der Waals surface area contributed by atoms with Crippen molar-refractivity contribution in [1.29, 1.82) is 0 Å². The Labute approximate surface area is 114 Å². The first-order chi connectivity index (χ1) is 9.24. The van der Waals surface area contributed by atoms with E-state index in [0.717, 1.165) is 13.0 Å². The van der Waals surface area contributed by atoms with Crippen LogP contribution in [-0.2, 0) is 4.79 Å². The van der Waals surface area contributed by atoms with Crippen molar-refractivity contribution in [3.63, 3.8) is 0 Å². The molecule has 4 aliphatic rings. The van der Waals surface area contributed by atoms with Gasteiger partial charge < -0.3 is 10.0 Å². The molecule has 0 spiro atoms. The third kappa shape index (κ3) is 1.83. The number of aliphatic hydroxyl groups excluding tert-OH is 1. The maximum atomic E-state index is 12.2. The monoisotopic (exact) mass is 264 g/mol. The highest BCUT2D eigenvalue weighted by Gasteiger charge is 2.51. The fourth-order valence-electron chi connectivity index (χ4n) is 5.26. The van der Waals surface area contributed by atoms with E-state index in [0.29, 0.717) is 30.3 Å². The largest absolute Gasteiger partial charge is 0.393 e. The summed E-state index contributed by atoms with van der Waals surface area (Å²) in [6.07, 6.45) is 5.86. The number of hydrogen-bond acceptors (Lipinski definition) is 3. The summed E-state index contributed by atoms with van der Waals surface area (Å²) < 4.78 is 0. The molecular formula is C15H24N2O2. The highest BCUT2D eigenvalue weighted by Crippen LogP contribution is 2.44. The molecule has 0 bridgehead atoms. The van der Waals surface area contributed by atoms with Gasteiger partial charge in [0.2, 0.25) is 5.91 Å². The molecule has 4 nitrogen and oxygen atoms in total. The Morgan fingerprint density at radius 3 is 2.79 bits per heavy atom. The number of fused-ring (bicyclic) bond motifs is 2. The van der Waals surface area contributed by atoms with E-state index in [9.17, 15) is 9.90 Å². The SMILES string of the molecule is O=C1CC(O)CC2C3CCCN4CCCC(CN12)C34. The molecule has 5 atom stereocenters. The van der Waals surface area contributed by atoms with Gasteiger partial charge in [-0.1, -0.05) is 0 Å². The lowest BCUT2D eigenvalue weighted by atomic mass is 9.68. The Morgan fingerprint density at radius 1 is 1.16 bits per heavy atom. The Kier molecular flexibility index (Phi) is 2.85. The number of amides is 1. The first-order valence-corrected chi connectivity index (χ1v) is 7.95. The molecule has 0 aromatic carbocycles. The number of carbonyl (C=O) groups excluding carboxylic acids is 1. The zero-order chi connectivity index (χ0) is 13.0. The first kappa shape index (κ1) is 12.2. The van der Waals surface area contributed by atoms with Crippen LogP contribution >= 0.6 is 0 Å². The summed E-state index contributed by atoms with van der Waals surface area (Å²) in [6.45, 7) is 3.45. The minimum atomic E-state index is -0.399. The smallest absolute Gasteiger partial charge is 0.225 e. The van der Waals surface area contributed by atoms with E-state index in [-0.39, 0.29) is 5.91 Å². The van der Waals surface area contributed by atoms with E-state index in [2.05, 4.69) is 9.80 Å². The predicted octanol–water partition coefficient (Wildman–Crippen LogP) is 0.842. The molecule has 4 aliphatic heterocycles. The van der Waals surface area contributed by atoms with Gasteiger partial charge in [0, 0.05) is 18.6 Å². The van der Waals surface area contributed by atoms with Crippen LogP contribution in [-0.4, -0.2) is 58.6 Å². The topological polar surface area (TPSA) is 43.8 Å². The van der Waals surface area contributed by atoms with E-state index in [4.69, 9.17) is 0 Å². The summed E-state index contributed by atoms with van der Waals surface area (Å²) in [5.74, 6) is 1.51. The van der Waals surface area contributed by atoms with Gasteiger partial charge in [-0.3, -0.25) is 9.69 Å². The van der Waals surface area contributed by atoms with Crippen LogP contribution in [0.1, 0.15) is 38.5 Å². The molecule has 4 heteroatoms. The number of piperidine rings is 4. The van der Waals surface area contributed by atoms with Crippen LogP contribution < -0.4 is 0 Å². The standard InChI is InChI=1S/C15H24N2O2/c18-11-7-13-12-4-2-6-16-5-1-3-10(15(12)16)9-17(13)14(19)8-11/h10-13,15,18H,1-9H2. The van der Waals surface area contributed by atoms with Gasteiger partial charge in [-0.15, -0.1) is 0 Å². The summed E-state index contributed by atoms with van der Waals surface area (Å²) in [7, 11) is 0. The molecular weight excluding hydrogens is 240 g/mol. The summed E-state index contributed by atoms with van der Waals surface area (Å²) in [4.78, 5) is 17.0. The number of aliphatic hydroxyl groups is 1. The quantitative estimate of drug-likeness (QED) is 0.705. The molecule has 1 N–H and O–H groups in total. The van der Waals surface area contributed by atoms with Crippen LogP contribution in [0.25, 0.3) is 0 Å². The lowest BCUT2D eigenvalue weighted by Gasteiger charge is -2.58. The second kappa shape index (κ2) is 4.45. The molecule has 0 saturated carbocycles. The zero-order valence-corrected chi connectivity index (χ0v) is 11.5. The zero-order valence-electron chi connectivity index (χ0n) is 11.5. The van der Waals surface area contributed by atoms with E-state index in [1.807, 2.05) is 0 Å². The summed E-state index contributed by atoms with van der Waals surface area (Å²) in [5.41, 5.74) is 0. The van der Waals surface area contributed by atoms with Crippen molar-refractivity contribution in [2.24, 2.45) is 11.8 Å². The highest BCUT2D eigenvalue weighted by molar-refractivity contribution is 5.78. The van der Waals surface area contributed by atoms with Crippen LogP contribution in [0.5, 0.6) is 0 Å². The second-order valence-corrected chi connectivity index (χ2v) is 6.94. The Morgan fingerprint density at radius 2 is 1.95 bits per heavy atom. The first-order valence-electron chi connectivity index (χ1n) is 7.95. The normalized spacial score (nSPS) is 46.7. The Balaban J connectivity index is 1.65. The predicted molar refractivity (Wildman–Crippen MR) is 71.6 cm³/mol. The average molecular weight is 264 g/mol. The third-order valence-corrected chi connectivity index (χ3v) is 5.92. The number of carbonyl (C=O) groups is 1. The lowest BCUT2D eigenvalue weighted by molar-refractivity contribution is -0.157. The number of nitrogens with zero attached hydrogens (tertiary/aromatic N) is 2. The van der Waals surface area contributed by atoms with Gasteiger partial charge >= 0.3 is 0 Å². The lowest BCUT2D eigenvalue weighted by Crippen LogP contribution is -2.67. The molecule has 0 aromatic heterocycles. The van der Waals surface area contributed by atoms with E-state index in [1.54, 1.807) is 0 Å². The van der Waals surface area contributed by atoms with Crippen LogP contribution in [0.2, 0.25) is 0 Å². The van der Waals surface area contributed by atoms with Crippen molar-refractivity contribution in [3.05, 3.63) is 0 Å². The molecule has 4 heterocycles. The van der Waals surface area contributed by atoms with Crippen molar-refractivity contribution in [1.82, 2.24) is 9.80 Å². The van der Waals surface area contributed by atoms with Gasteiger partial charge in [0.25, 0.3) is 0 Å². The molecule has 0 radical (unpaired) electrons. The van der Waals surface area contributed by atoms with Crippen LogP contribution in [0.15, 0.2) is 0 Å². The molecule has 106 valence electrons. The van der Waals surface area contributed by atoms with E-state index in [1.165, 1.54) is 38.8 Å². The molecule has 19 heavy (non-hydrogen) atoms. The summed E-state index contributed by atoms with van der Waals surface area (Å²) >= 11 is 0. The molecule has 4 saturated heterocycles. The van der Waals surface area contributed by atoms with Crippen molar-refractivity contribution in [2.75, 3.05) is 19.6 Å². The number of rotatable bonds is 0. The molecule has 1 amide bonds. The fraction of sp³-hybridized carbons (Fsp3) is 0.933. The van der Waals surface area contributed by atoms with Crippen molar-refractivity contribution < 1.29 is 9.90 Å². The van der Waals surface area contributed by atoms with E-state index >= 15 is 0 Å². The average Bonchev–Trinajstić information content (AvgIpc) is 2.41. The molecule has 0 aromatic rings. The van der Waals surface area contributed by atoms with Gasteiger partial charge in [0.1, 0.15) is 0 Å². The maximum absolute atomic E-state index is 12.2. The van der Waals surface area contributed by atoms with Crippen molar-refractivity contribution in [3.8, 4) is 0 Å². The van der Waals surface area contributed by atoms with Crippen molar-refractivity contribution >= 4 is 5.91 Å². The van der Waals surface area contributed by atoms with Crippen molar-refractivity contribution in [2.45, 2.75) is 56.7 Å². The summed E-state index contributed by atoms with van der Waals surface area (Å²) in [5, 5.41) is 9.95. The minimum Gasteiger partial charge on any atom is -0.393 e.